The summed E-state index contributed by atoms with van der Waals surface area (Å²) in [6.07, 6.45) is 0. The average Bonchev–Trinajstić information content (AvgIpc) is 2.28. The molecule has 92 valence electrons. The molecule has 0 aromatic heterocycles. The summed E-state index contributed by atoms with van der Waals surface area (Å²) in [5, 5.41) is 9.69. The van der Waals surface area contributed by atoms with Gasteiger partial charge < -0.3 is 14.3 Å². The summed E-state index contributed by atoms with van der Waals surface area (Å²) in [7, 11) is -1.31. The van der Waals surface area contributed by atoms with Crippen LogP contribution in [0.2, 0.25) is 0 Å². The first-order valence-electron chi connectivity index (χ1n) is 5.78. The Morgan fingerprint density at radius 1 is 0.833 bits per heavy atom. The molecule has 2 rings (SSSR count). The molecule has 0 saturated heterocycles. The highest BCUT2D eigenvalue weighted by molar-refractivity contribution is 6.36. The Balaban J connectivity index is 2.01. The lowest BCUT2D eigenvalue weighted by Gasteiger charge is -2.12. The first-order valence-corrected chi connectivity index (χ1v) is 5.78. The molecule has 0 aliphatic rings. The van der Waals surface area contributed by atoms with E-state index in [2.05, 4.69) is 0 Å². The van der Waals surface area contributed by atoms with Crippen LogP contribution >= 0.6 is 0 Å². The van der Waals surface area contributed by atoms with Gasteiger partial charge in [-0.15, -0.1) is 0 Å². The SMILES string of the molecule is Cc1cc(C)cc(OB(O)Oc2ccccc2)c1. The molecule has 0 saturated carbocycles. The van der Waals surface area contributed by atoms with Gasteiger partial charge in [0.1, 0.15) is 11.5 Å². The Bertz CT molecular complexity index is 493. The summed E-state index contributed by atoms with van der Waals surface area (Å²) in [4.78, 5) is 0. The van der Waals surface area contributed by atoms with Crippen molar-refractivity contribution in [2.45, 2.75) is 13.8 Å². The fraction of sp³-hybridized carbons (Fsp3) is 0.143. The molecule has 0 bridgehead atoms. The average molecular weight is 242 g/mol. The molecule has 3 nitrogen and oxygen atoms in total. The summed E-state index contributed by atoms with van der Waals surface area (Å²) in [6, 6.07) is 14.8. The predicted molar refractivity (Wildman–Crippen MR) is 71.6 cm³/mol. The number of hydrogen-bond donors (Lipinski definition) is 1. The minimum atomic E-state index is -1.31. The zero-order valence-electron chi connectivity index (χ0n) is 10.5. The topological polar surface area (TPSA) is 38.7 Å². The minimum Gasteiger partial charge on any atom is -0.501 e. The van der Waals surface area contributed by atoms with E-state index in [4.69, 9.17) is 9.31 Å². The van der Waals surface area contributed by atoms with E-state index in [1.54, 1.807) is 12.1 Å². The van der Waals surface area contributed by atoms with E-state index >= 15 is 0 Å². The third kappa shape index (κ3) is 3.53. The van der Waals surface area contributed by atoms with E-state index in [1.807, 2.05) is 50.2 Å². The fourth-order valence-electron chi connectivity index (χ4n) is 1.76. The van der Waals surface area contributed by atoms with Crippen LogP contribution in [0, 0.1) is 13.8 Å². The highest BCUT2D eigenvalue weighted by atomic mass is 16.7. The maximum absolute atomic E-state index is 9.69. The van der Waals surface area contributed by atoms with E-state index in [1.165, 1.54) is 0 Å². The molecule has 0 fully saturated rings. The predicted octanol–water partition coefficient (Wildman–Crippen LogP) is 2.74. The van der Waals surface area contributed by atoms with Crippen molar-refractivity contribution < 1.29 is 14.3 Å². The maximum Gasteiger partial charge on any atom is 0.785 e. The van der Waals surface area contributed by atoms with Gasteiger partial charge in [-0.3, -0.25) is 0 Å². The van der Waals surface area contributed by atoms with E-state index in [0.29, 0.717) is 11.5 Å². The van der Waals surface area contributed by atoms with Crippen LogP contribution < -0.4 is 9.31 Å². The third-order valence-electron chi connectivity index (χ3n) is 2.41. The lowest BCUT2D eigenvalue weighted by Crippen LogP contribution is -2.29. The zero-order chi connectivity index (χ0) is 13.0. The summed E-state index contributed by atoms with van der Waals surface area (Å²) in [5.41, 5.74) is 2.16. The van der Waals surface area contributed by atoms with Crippen LogP contribution in [-0.4, -0.2) is 12.3 Å². The largest absolute Gasteiger partial charge is 0.785 e. The first-order chi connectivity index (χ1) is 8.63. The van der Waals surface area contributed by atoms with E-state index in [-0.39, 0.29) is 0 Å². The highest BCUT2D eigenvalue weighted by Crippen LogP contribution is 2.17. The Morgan fingerprint density at radius 2 is 1.39 bits per heavy atom. The van der Waals surface area contributed by atoms with Gasteiger partial charge >= 0.3 is 7.32 Å². The van der Waals surface area contributed by atoms with Crippen molar-refractivity contribution in [2.24, 2.45) is 0 Å². The molecule has 18 heavy (non-hydrogen) atoms. The van der Waals surface area contributed by atoms with Crippen molar-refractivity contribution in [3.63, 3.8) is 0 Å². The van der Waals surface area contributed by atoms with E-state index in [9.17, 15) is 5.02 Å². The molecule has 0 spiro atoms. The van der Waals surface area contributed by atoms with Gasteiger partial charge in [0.25, 0.3) is 0 Å². The monoisotopic (exact) mass is 242 g/mol. The molecular weight excluding hydrogens is 227 g/mol. The second-order valence-corrected chi connectivity index (χ2v) is 4.18. The van der Waals surface area contributed by atoms with Crippen LogP contribution in [0.25, 0.3) is 0 Å². The van der Waals surface area contributed by atoms with E-state index in [0.717, 1.165) is 11.1 Å². The first kappa shape index (κ1) is 12.5. The minimum absolute atomic E-state index is 0.564. The van der Waals surface area contributed by atoms with Gasteiger partial charge in [-0.1, -0.05) is 24.3 Å². The molecule has 0 unspecified atom stereocenters. The number of benzene rings is 2. The summed E-state index contributed by atoms with van der Waals surface area (Å²) >= 11 is 0. The van der Waals surface area contributed by atoms with Crippen molar-refractivity contribution in [3.8, 4) is 11.5 Å². The summed E-state index contributed by atoms with van der Waals surface area (Å²) < 4.78 is 10.5. The number of rotatable bonds is 4. The molecule has 0 heterocycles. The molecule has 0 atom stereocenters. The molecule has 0 aliphatic carbocycles. The molecule has 1 N–H and O–H groups in total. The van der Waals surface area contributed by atoms with Gasteiger partial charge in [0.2, 0.25) is 0 Å². The summed E-state index contributed by atoms with van der Waals surface area (Å²) in [5.74, 6) is 1.16. The molecule has 0 amide bonds. The number of aryl methyl sites for hydroxylation is 2. The second kappa shape index (κ2) is 5.60. The van der Waals surface area contributed by atoms with Crippen LogP contribution in [0.15, 0.2) is 48.5 Å². The molecular formula is C14H15BO3. The number of hydrogen-bond acceptors (Lipinski definition) is 3. The smallest absolute Gasteiger partial charge is 0.501 e. The lowest BCUT2D eigenvalue weighted by molar-refractivity contribution is 0.298. The van der Waals surface area contributed by atoms with E-state index < -0.39 is 7.32 Å². The van der Waals surface area contributed by atoms with Gasteiger partial charge in [0.15, 0.2) is 0 Å². The molecule has 2 aromatic carbocycles. The van der Waals surface area contributed by atoms with Gasteiger partial charge in [0.05, 0.1) is 0 Å². The van der Waals surface area contributed by atoms with Gasteiger partial charge in [-0.2, -0.15) is 0 Å². The Labute approximate surface area is 107 Å². The van der Waals surface area contributed by atoms with Gasteiger partial charge in [0, 0.05) is 0 Å². The quantitative estimate of drug-likeness (QED) is 0.837. The Kier molecular flexibility index (Phi) is 3.90. The van der Waals surface area contributed by atoms with Crippen LogP contribution in [0.4, 0.5) is 0 Å². The molecule has 0 aliphatic heterocycles. The van der Waals surface area contributed by atoms with Gasteiger partial charge in [-0.05, 0) is 49.2 Å². The molecule has 4 heteroatoms. The van der Waals surface area contributed by atoms with Crippen molar-refractivity contribution in [2.75, 3.05) is 0 Å². The second-order valence-electron chi connectivity index (χ2n) is 4.18. The highest BCUT2D eigenvalue weighted by Gasteiger charge is 2.21. The number of para-hydroxylation sites is 1. The van der Waals surface area contributed by atoms with Crippen LogP contribution in [-0.2, 0) is 0 Å². The Morgan fingerprint density at radius 3 is 2.00 bits per heavy atom. The van der Waals surface area contributed by atoms with Crippen LogP contribution in [0.1, 0.15) is 11.1 Å². The lowest BCUT2D eigenvalue weighted by atomic mass is 10.1. The van der Waals surface area contributed by atoms with Crippen LogP contribution in [0.3, 0.4) is 0 Å². The summed E-state index contributed by atoms with van der Waals surface area (Å²) in [6.45, 7) is 3.95. The van der Waals surface area contributed by atoms with Crippen molar-refractivity contribution in [1.29, 1.82) is 0 Å². The molecule has 2 aromatic rings. The van der Waals surface area contributed by atoms with Crippen LogP contribution in [0.5, 0.6) is 11.5 Å². The van der Waals surface area contributed by atoms with Crippen molar-refractivity contribution >= 4 is 7.32 Å². The Hall–Kier alpha value is -1.94. The normalized spacial score (nSPS) is 9.94. The van der Waals surface area contributed by atoms with Crippen molar-refractivity contribution in [1.82, 2.24) is 0 Å². The zero-order valence-corrected chi connectivity index (χ0v) is 10.5. The third-order valence-corrected chi connectivity index (χ3v) is 2.41. The molecule has 0 radical (unpaired) electrons. The van der Waals surface area contributed by atoms with Crippen molar-refractivity contribution in [3.05, 3.63) is 59.7 Å². The standard InChI is InChI=1S/C14H15BO3/c1-11-8-12(2)10-14(9-11)18-15(16)17-13-6-4-3-5-7-13/h3-10,16H,1-2H3. The fourth-order valence-corrected chi connectivity index (χ4v) is 1.76. The maximum atomic E-state index is 9.69. The van der Waals surface area contributed by atoms with Gasteiger partial charge in [-0.25, -0.2) is 0 Å².